The van der Waals surface area contributed by atoms with Crippen LogP contribution in [0.3, 0.4) is 0 Å². The van der Waals surface area contributed by atoms with Crippen LogP contribution in [0.15, 0.2) is 30.5 Å². The molecule has 0 unspecified atom stereocenters. The summed E-state index contributed by atoms with van der Waals surface area (Å²) in [5, 5.41) is 0.440. The summed E-state index contributed by atoms with van der Waals surface area (Å²) in [5.41, 5.74) is 1.24. The van der Waals surface area contributed by atoms with Gasteiger partial charge in [-0.15, -0.1) is 0 Å². The van der Waals surface area contributed by atoms with Crippen LogP contribution in [0.25, 0.3) is 0 Å². The average molecular weight is 286 g/mol. The molecule has 0 bridgehead atoms. The van der Waals surface area contributed by atoms with Gasteiger partial charge in [-0.25, -0.2) is 9.37 Å². The zero-order valence-corrected chi connectivity index (χ0v) is 11.1. The van der Waals surface area contributed by atoms with Crippen LogP contribution in [0, 0.1) is 5.82 Å². The Balaban J connectivity index is 2.37. The largest absolute Gasteiger partial charge is 0.496 e. The standard InChI is InChI=1S/C13H10Cl2FNO/c1-18-11-6-12(15)17-7-9(11)5-8-3-2-4-10(14)13(8)16/h2-4,6-7H,5H2,1H3. The second-order valence-electron chi connectivity index (χ2n) is 3.71. The zero-order valence-electron chi connectivity index (χ0n) is 9.58. The fourth-order valence-corrected chi connectivity index (χ4v) is 2.00. The second kappa shape index (κ2) is 5.55. The van der Waals surface area contributed by atoms with E-state index in [1.807, 2.05) is 0 Å². The third-order valence-corrected chi connectivity index (χ3v) is 3.04. The molecule has 0 aliphatic carbocycles. The van der Waals surface area contributed by atoms with Crippen molar-refractivity contribution in [2.75, 3.05) is 7.11 Å². The van der Waals surface area contributed by atoms with E-state index in [0.717, 1.165) is 5.56 Å². The van der Waals surface area contributed by atoms with E-state index in [-0.39, 0.29) is 5.02 Å². The number of hydrogen-bond acceptors (Lipinski definition) is 2. The van der Waals surface area contributed by atoms with Gasteiger partial charge in [0.25, 0.3) is 0 Å². The Morgan fingerprint density at radius 2 is 2.06 bits per heavy atom. The number of aromatic nitrogens is 1. The number of methoxy groups -OCH3 is 1. The second-order valence-corrected chi connectivity index (χ2v) is 4.50. The van der Waals surface area contributed by atoms with Crippen molar-refractivity contribution in [2.24, 2.45) is 0 Å². The van der Waals surface area contributed by atoms with Crippen molar-refractivity contribution < 1.29 is 9.13 Å². The summed E-state index contributed by atoms with van der Waals surface area (Å²) in [6, 6.07) is 6.49. The summed E-state index contributed by atoms with van der Waals surface area (Å²) in [4.78, 5) is 3.97. The van der Waals surface area contributed by atoms with Crippen molar-refractivity contribution in [3.05, 3.63) is 57.6 Å². The normalized spacial score (nSPS) is 10.4. The minimum absolute atomic E-state index is 0.105. The van der Waals surface area contributed by atoms with Crippen molar-refractivity contribution in [2.45, 2.75) is 6.42 Å². The highest BCUT2D eigenvalue weighted by atomic mass is 35.5. The predicted molar refractivity (Wildman–Crippen MR) is 70.0 cm³/mol. The number of halogens is 3. The van der Waals surface area contributed by atoms with E-state index in [2.05, 4.69) is 4.98 Å². The summed E-state index contributed by atoms with van der Waals surface area (Å²) < 4.78 is 19.0. The first-order valence-corrected chi connectivity index (χ1v) is 5.98. The van der Waals surface area contributed by atoms with Crippen LogP contribution in [-0.4, -0.2) is 12.1 Å². The minimum Gasteiger partial charge on any atom is -0.496 e. The Hall–Kier alpha value is -1.32. The summed E-state index contributed by atoms with van der Waals surface area (Å²) in [6.07, 6.45) is 1.92. The molecule has 0 aliphatic heterocycles. The van der Waals surface area contributed by atoms with Crippen LogP contribution in [0.2, 0.25) is 10.2 Å². The third kappa shape index (κ3) is 2.74. The molecule has 1 heterocycles. The molecule has 0 saturated carbocycles. The monoisotopic (exact) mass is 285 g/mol. The van der Waals surface area contributed by atoms with Gasteiger partial charge in [0.15, 0.2) is 0 Å². The molecule has 2 aromatic rings. The molecule has 2 nitrogen and oxygen atoms in total. The van der Waals surface area contributed by atoms with E-state index >= 15 is 0 Å². The van der Waals surface area contributed by atoms with E-state index < -0.39 is 5.82 Å². The molecule has 2 rings (SSSR count). The Labute approximate surface area is 114 Å². The molecule has 0 fully saturated rings. The molecular weight excluding hydrogens is 276 g/mol. The van der Waals surface area contributed by atoms with Gasteiger partial charge in [0, 0.05) is 24.2 Å². The highest BCUT2D eigenvalue weighted by Crippen LogP contribution is 2.26. The van der Waals surface area contributed by atoms with Gasteiger partial charge in [0.1, 0.15) is 16.7 Å². The highest BCUT2D eigenvalue weighted by molar-refractivity contribution is 6.30. The number of hydrogen-bond donors (Lipinski definition) is 0. The Bertz CT molecular complexity index is 575. The maximum absolute atomic E-state index is 13.8. The molecule has 0 N–H and O–H groups in total. The fourth-order valence-electron chi connectivity index (χ4n) is 1.65. The minimum atomic E-state index is -0.420. The third-order valence-electron chi connectivity index (χ3n) is 2.54. The molecule has 0 atom stereocenters. The highest BCUT2D eigenvalue weighted by Gasteiger charge is 2.11. The van der Waals surface area contributed by atoms with Gasteiger partial charge in [-0.1, -0.05) is 35.3 Å². The summed E-state index contributed by atoms with van der Waals surface area (Å²) >= 11 is 11.5. The van der Waals surface area contributed by atoms with Crippen LogP contribution in [0.4, 0.5) is 4.39 Å². The van der Waals surface area contributed by atoms with Crippen LogP contribution in [0.1, 0.15) is 11.1 Å². The number of pyridine rings is 1. The maximum atomic E-state index is 13.8. The SMILES string of the molecule is COc1cc(Cl)ncc1Cc1cccc(Cl)c1F. The number of nitrogens with zero attached hydrogens (tertiary/aromatic N) is 1. The average Bonchev–Trinajstić information content (AvgIpc) is 2.37. The molecule has 5 heteroatoms. The zero-order chi connectivity index (χ0) is 13.1. The van der Waals surface area contributed by atoms with E-state index in [0.29, 0.717) is 22.9 Å². The fraction of sp³-hybridized carbons (Fsp3) is 0.154. The van der Waals surface area contributed by atoms with E-state index in [1.54, 1.807) is 24.4 Å². The molecule has 0 aliphatic rings. The smallest absolute Gasteiger partial charge is 0.145 e. The summed E-state index contributed by atoms with van der Waals surface area (Å²) in [5.74, 6) is 0.158. The van der Waals surface area contributed by atoms with E-state index in [1.165, 1.54) is 13.2 Å². The van der Waals surface area contributed by atoms with Crippen LogP contribution >= 0.6 is 23.2 Å². The number of rotatable bonds is 3. The predicted octanol–water partition coefficient (Wildman–Crippen LogP) is 4.13. The van der Waals surface area contributed by atoms with Crippen molar-refractivity contribution in [3.8, 4) is 5.75 Å². The van der Waals surface area contributed by atoms with Crippen molar-refractivity contribution in [1.29, 1.82) is 0 Å². The maximum Gasteiger partial charge on any atom is 0.145 e. The molecule has 0 spiro atoms. The van der Waals surface area contributed by atoms with Crippen molar-refractivity contribution in [1.82, 2.24) is 4.98 Å². The molecular formula is C13H10Cl2FNO. The van der Waals surface area contributed by atoms with Gasteiger partial charge >= 0.3 is 0 Å². The molecule has 18 heavy (non-hydrogen) atoms. The molecule has 0 amide bonds. The summed E-state index contributed by atoms with van der Waals surface area (Å²) in [6.45, 7) is 0. The van der Waals surface area contributed by atoms with Crippen molar-refractivity contribution >= 4 is 23.2 Å². The molecule has 1 aromatic carbocycles. The molecule has 1 aromatic heterocycles. The van der Waals surface area contributed by atoms with E-state index in [9.17, 15) is 4.39 Å². The van der Waals surface area contributed by atoms with Gasteiger partial charge in [0.2, 0.25) is 0 Å². The topological polar surface area (TPSA) is 22.1 Å². The van der Waals surface area contributed by atoms with Crippen LogP contribution in [0.5, 0.6) is 5.75 Å². The van der Waals surface area contributed by atoms with E-state index in [4.69, 9.17) is 27.9 Å². The lowest BCUT2D eigenvalue weighted by atomic mass is 10.1. The Kier molecular flexibility index (Phi) is 4.04. The summed E-state index contributed by atoms with van der Waals surface area (Å²) in [7, 11) is 1.53. The first-order chi connectivity index (χ1) is 8.61. The molecule has 0 saturated heterocycles. The van der Waals surface area contributed by atoms with Gasteiger partial charge in [-0.3, -0.25) is 0 Å². The first-order valence-electron chi connectivity index (χ1n) is 5.23. The van der Waals surface area contributed by atoms with Gasteiger partial charge in [0.05, 0.1) is 12.1 Å². The quantitative estimate of drug-likeness (QED) is 0.791. The van der Waals surface area contributed by atoms with Crippen molar-refractivity contribution in [3.63, 3.8) is 0 Å². The Morgan fingerprint density at radius 1 is 1.28 bits per heavy atom. The van der Waals surface area contributed by atoms with Crippen LogP contribution in [-0.2, 0) is 6.42 Å². The lowest BCUT2D eigenvalue weighted by Gasteiger charge is -2.09. The Morgan fingerprint density at radius 3 is 2.78 bits per heavy atom. The van der Waals surface area contributed by atoms with Crippen LogP contribution < -0.4 is 4.74 Å². The lowest BCUT2D eigenvalue weighted by molar-refractivity contribution is 0.409. The van der Waals surface area contributed by atoms with Gasteiger partial charge in [-0.05, 0) is 11.6 Å². The number of ether oxygens (including phenoxy) is 1. The lowest BCUT2D eigenvalue weighted by Crippen LogP contribution is -1.98. The number of benzene rings is 1. The van der Waals surface area contributed by atoms with Gasteiger partial charge in [-0.2, -0.15) is 0 Å². The molecule has 0 radical (unpaired) electrons. The van der Waals surface area contributed by atoms with Gasteiger partial charge < -0.3 is 4.74 Å². The first kappa shape index (κ1) is 13.1. The molecule has 94 valence electrons.